The van der Waals surface area contributed by atoms with Crippen molar-refractivity contribution in [2.45, 2.75) is 25.3 Å². The van der Waals surface area contributed by atoms with E-state index < -0.39 is 0 Å². The standard InChI is InChI=1S/C19H19ClN2/c1-13-7-5-6-10-15(13)18(21)16-11-12-17(22-19(16)20)14-8-3-2-4-9-14/h2-4,8-12,18H,1,5-7,21H2. The summed E-state index contributed by atoms with van der Waals surface area (Å²) in [6.07, 6.45) is 5.38. The molecular formula is C19H19ClN2. The Morgan fingerprint density at radius 3 is 2.59 bits per heavy atom. The van der Waals surface area contributed by atoms with E-state index in [-0.39, 0.29) is 6.04 Å². The monoisotopic (exact) mass is 310 g/mol. The lowest BCUT2D eigenvalue weighted by atomic mass is 9.87. The summed E-state index contributed by atoms with van der Waals surface area (Å²) in [6.45, 7) is 4.13. The maximum Gasteiger partial charge on any atom is 0.134 e. The minimum Gasteiger partial charge on any atom is -0.320 e. The number of hydrogen-bond donors (Lipinski definition) is 1. The van der Waals surface area contributed by atoms with Crippen LogP contribution in [0.3, 0.4) is 0 Å². The van der Waals surface area contributed by atoms with Gasteiger partial charge in [-0.15, -0.1) is 0 Å². The molecule has 0 radical (unpaired) electrons. The lowest BCUT2D eigenvalue weighted by Crippen LogP contribution is -2.17. The van der Waals surface area contributed by atoms with Crippen LogP contribution in [0.25, 0.3) is 11.3 Å². The van der Waals surface area contributed by atoms with Gasteiger partial charge in [0.05, 0.1) is 11.7 Å². The van der Waals surface area contributed by atoms with Gasteiger partial charge in [-0.2, -0.15) is 0 Å². The molecule has 1 aromatic heterocycles. The van der Waals surface area contributed by atoms with Crippen LogP contribution in [0, 0.1) is 0 Å². The lowest BCUT2D eigenvalue weighted by Gasteiger charge is -2.22. The molecule has 22 heavy (non-hydrogen) atoms. The molecule has 0 spiro atoms. The van der Waals surface area contributed by atoms with Crippen LogP contribution in [0.4, 0.5) is 0 Å². The van der Waals surface area contributed by atoms with E-state index in [1.54, 1.807) is 0 Å². The first-order valence-electron chi connectivity index (χ1n) is 7.52. The molecule has 1 aliphatic carbocycles. The summed E-state index contributed by atoms with van der Waals surface area (Å²) in [5.74, 6) is 0. The van der Waals surface area contributed by atoms with Crippen LogP contribution >= 0.6 is 11.6 Å². The molecule has 0 saturated heterocycles. The van der Waals surface area contributed by atoms with Crippen molar-refractivity contribution in [1.29, 1.82) is 0 Å². The van der Waals surface area contributed by atoms with E-state index in [1.807, 2.05) is 42.5 Å². The number of nitrogens with two attached hydrogens (primary N) is 1. The van der Waals surface area contributed by atoms with Crippen molar-refractivity contribution in [2.75, 3.05) is 0 Å². The first-order chi connectivity index (χ1) is 10.7. The highest BCUT2D eigenvalue weighted by atomic mass is 35.5. The van der Waals surface area contributed by atoms with Crippen molar-refractivity contribution in [2.24, 2.45) is 5.73 Å². The topological polar surface area (TPSA) is 38.9 Å². The predicted molar refractivity (Wildman–Crippen MR) is 92.7 cm³/mol. The highest BCUT2D eigenvalue weighted by molar-refractivity contribution is 6.30. The molecule has 1 aromatic carbocycles. The molecule has 1 heterocycles. The van der Waals surface area contributed by atoms with Gasteiger partial charge in [-0.3, -0.25) is 0 Å². The minimum atomic E-state index is -0.252. The van der Waals surface area contributed by atoms with E-state index in [2.05, 4.69) is 17.6 Å². The third-order valence-electron chi connectivity index (χ3n) is 4.07. The zero-order valence-corrected chi connectivity index (χ0v) is 13.2. The van der Waals surface area contributed by atoms with Gasteiger partial charge in [-0.1, -0.05) is 66.2 Å². The molecule has 3 heteroatoms. The van der Waals surface area contributed by atoms with Gasteiger partial charge in [0.1, 0.15) is 5.15 Å². The summed E-state index contributed by atoms with van der Waals surface area (Å²) in [7, 11) is 0. The number of hydrogen-bond acceptors (Lipinski definition) is 2. The van der Waals surface area contributed by atoms with Gasteiger partial charge < -0.3 is 5.73 Å². The number of allylic oxidation sites excluding steroid dienone is 1. The number of aromatic nitrogens is 1. The summed E-state index contributed by atoms with van der Waals surface area (Å²) in [5, 5.41) is 0.466. The van der Waals surface area contributed by atoms with Gasteiger partial charge in [0.25, 0.3) is 0 Å². The van der Waals surface area contributed by atoms with Crippen LogP contribution in [0.5, 0.6) is 0 Å². The molecule has 0 saturated carbocycles. The van der Waals surface area contributed by atoms with Gasteiger partial charge >= 0.3 is 0 Å². The average Bonchev–Trinajstić information content (AvgIpc) is 2.55. The van der Waals surface area contributed by atoms with E-state index in [4.69, 9.17) is 17.3 Å². The van der Waals surface area contributed by atoms with Crippen LogP contribution in [0.2, 0.25) is 5.15 Å². The third-order valence-corrected chi connectivity index (χ3v) is 4.38. The Morgan fingerprint density at radius 2 is 1.91 bits per heavy atom. The summed E-state index contributed by atoms with van der Waals surface area (Å²) >= 11 is 6.39. The predicted octanol–water partition coefficient (Wildman–Crippen LogP) is 5.07. The molecule has 112 valence electrons. The summed E-state index contributed by atoms with van der Waals surface area (Å²) in [6, 6.07) is 13.7. The maximum absolute atomic E-state index is 6.40. The van der Waals surface area contributed by atoms with Crippen LogP contribution in [-0.2, 0) is 0 Å². The van der Waals surface area contributed by atoms with E-state index in [0.717, 1.165) is 47.2 Å². The van der Waals surface area contributed by atoms with Crippen molar-refractivity contribution in [3.05, 3.63) is 77.0 Å². The fourth-order valence-electron chi connectivity index (χ4n) is 2.82. The number of nitrogens with zero attached hydrogens (tertiary/aromatic N) is 1. The van der Waals surface area contributed by atoms with Gasteiger partial charge in [0.15, 0.2) is 0 Å². The van der Waals surface area contributed by atoms with Crippen LogP contribution < -0.4 is 5.73 Å². The quantitative estimate of drug-likeness (QED) is 0.804. The summed E-state index contributed by atoms with van der Waals surface area (Å²) < 4.78 is 0. The Kier molecular flexibility index (Phi) is 4.41. The molecule has 2 nitrogen and oxygen atoms in total. The van der Waals surface area contributed by atoms with Crippen LogP contribution in [0.15, 0.2) is 66.3 Å². The number of halogens is 1. The SMILES string of the molecule is C=C1CCCC=C1C(N)c1ccc(-c2ccccc2)nc1Cl. The molecule has 0 aliphatic heterocycles. The van der Waals surface area contributed by atoms with Crippen molar-refractivity contribution in [3.8, 4) is 11.3 Å². The Morgan fingerprint density at radius 1 is 1.14 bits per heavy atom. The lowest BCUT2D eigenvalue weighted by molar-refractivity contribution is 0.741. The van der Waals surface area contributed by atoms with E-state index in [0.29, 0.717) is 5.15 Å². The normalized spacial score (nSPS) is 16.3. The second-order valence-corrected chi connectivity index (χ2v) is 5.93. The van der Waals surface area contributed by atoms with E-state index in [9.17, 15) is 0 Å². The van der Waals surface area contributed by atoms with Gasteiger partial charge in [0, 0.05) is 11.1 Å². The van der Waals surface area contributed by atoms with E-state index in [1.165, 1.54) is 0 Å². The Labute approximate surface area is 136 Å². The molecule has 1 unspecified atom stereocenters. The van der Waals surface area contributed by atoms with Gasteiger partial charge in [-0.25, -0.2) is 4.98 Å². The second-order valence-electron chi connectivity index (χ2n) is 5.58. The molecule has 0 amide bonds. The second kappa shape index (κ2) is 6.47. The van der Waals surface area contributed by atoms with Gasteiger partial charge in [0.2, 0.25) is 0 Å². The minimum absolute atomic E-state index is 0.252. The molecule has 0 fully saturated rings. The van der Waals surface area contributed by atoms with E-state index >= 15 is 0 Å². The fraction of sp³-hybridized carbons (Fsp3) is 0.211. The smallest absolute Gasteiger partial charge is 0.134 e. The first kappa shape index (κ1) is 15.0. The first-order valence-corrected chi connectivity index (χ1v) is 7.90. The van der Waals surface area contributed by atoms with Crippen molar-refractivity contribution < 1.29 is 0 Å². The Balaban J connectivity index is 1.92. The fourth-order valence-corrected chi connectivity index (χ4v) is 3.09. The maximum atomic E-state index is 6.40. The van der Waals surface area contributed by atoms with Gasteiger partial charge in [-0.05, 0) is 30.9 Å². The largest absolute Gasteiger partial charge is 0.320 e. The summed E-state index contributed by atoms with van der Waals surface area (Å²) in [4.78, 5) is 4.51. The third kappa shape index (κ3) is 2.99. The molecule has 3 rings (SSSR count). The zero-order chi connectivity index (χ0) is 15.5. The molecule has 2 aromatic rings. The Bertz CT molecular complexity index is 719. The van der Waals surface area contributed by atoms with Crippen molar-refractivity contribution in [1.82, 2.24) is 4.98 Å². The Hall–Kier alpha value is -1.90. The molecule has 0 bridgehead atoms. The number of pyridine rings is 1. The summed E-state index contributed by atoms with van der Waals surface area (Å²) in [5.41, 5.74) is 11.4. The molecule has 2 N–H and O–H groups in total. The zero-order valence-electron chi connectivity index (χ0n) is 12.4. The average molecular weight is 311 g/mol. The number of benzene rings is 1. The molecular weight excluding hydrogens is 292 g/mol. The van der Waals surface area contributed by atoms with Crippen molar-refractivity contribution in [3.63, 3.8) is 0 Å². The molecule has 1 aliphatic rings. The van der Waals surface area contributed by atoms with Crippen LogP contribution in [-0.4, -0.2) is 4.98 Å². The highest BCUT2D eigenvalue weighted by Crippen LogP contribution is 2.34. The highest BCUT2D eigenvalue weighted by Gasteiger charge is 2.20. The van der Waals surface area contributed by atoms with Crippen molar-refractivity contribution >= 4 is 11.6 Å². The number of rotatable bonds is 3. The van der Waals surface area contributed by atoms with Crippen LogP contribution in [0.1, 0.15) is 30.9 Å². The molecule has 1 atom stereocenters.